The molecule has 7 heteroatoms. The zero-order valence-electron chi connectivity index (χ0n) is 10.6. The second-order valence-electron chi connectivity index (χ2n) is 4.37. The standard InChI is InChI=1S/C14H10N2O4S/c17-14(18)9-5-1-3-7-11(9)15-13-10-6-2-4-8-12(10)21(19,20)16-13/h1-8H,(H,15,16)(H,17,18)/p-1. The largest absolute Gasteiger partial charge is 0.545 e. The number of para-hydroxylation sites is 1. The van der Waals surface area contributed by atoms with Gasteiger partial charge < -0.3 is 15.2 Å². The predicted molar refractivity (Wildman–Crippen MR) is 74.6 cm³/mol. The van der Waals surface area contributed by atoms with E-state index in [0.717, 1.165) is 0 Å². The van der Waals surface area contributed by atoms with Crippen LogP contribution in [-0.4, -0.2) is 20.2 Å². The number of rotatable bonds is 2. The van der Waals surface area contributed by atoms with Crippen LogP contribution in [0.1, 0.15) is 15.9 Å². The van der Waals surface area contributed by atoms with Gasteiger partial charge in [0.25, 0.3) is 10.0 Å². The first-order chi connectivity index (χ1) is 9.99. The number of nitrogens with one attached hydrogen (secondary N) is 1. The van der Waals surface area contributed by atoms with E-state index in [9.17, 15) is 18.3 Å². The van der Waals surface area contributed by atoms with E-state index in [-0.39, 0.29) is 22.0 Å². The van der Waals surface area contributed by atoms with Gasteiger partial charge in [-0.2, -0.15) is 8.42 Å². The number of carboxylic acid groups (broad SMARTS) is 1. The number of hydrogen-bond donors (Lipinski definition) is 1. The highest BCUT2D eigenvalue weighted by Gasteiger charge is 2.28. The zero-order valence-corrected chi connectivity index (χ0v) is 11.4. The summed E-state index contributed by atoms with van der Waals surface area (Å²) < 4.78 is 27.5. The Kier molecular flexibility index (Phi) is 2.99. The van der Waals surface area contributed by atoms with Crippen molar-refractivity contribution in [3.8, 4) is 0 Å². The maximum absolute atomic E-state index is 11.9. The number of benzene rings is 2. The van der Waals surface area contributed by atoms with Crippen LogP contribution in [-0.2, 0) is 10.0 Å². The van der Waals surface area contributed by atoms with Crippen LogP contribution in [0.15, 0.2) is 57.8 Å². The molecule has 106 valence electrons. The number of nitrogens with zero attached hydrogens (tertiary/aromatic N) is 1. The van der Waals surface area contributed by atoms with Gasteiger partial charge in [0.1, 0.15) is 4.90 Å². The van der Waals surface area contributed by atoms with Crippen molar-refractivity contribution in [3.05, 3.63) is 59.7 Å². The lowest BCUT2D eigenvalue weighted by Crippen LogP contribution is -2.24. The number of anilines is 1. The Morgan fingerprint density at radius 1 is 1.05 bits per heavy atom. The summed E-state index contributed by atoms with van der Waals surface area (Å²) in [5, 5.41) is 13.8. The van der Waals surface area contributed by atoms with Gasteiger partial charge in [-0.1, -0.05) is 30.3 Å². The van der Waals surface area contributed by atoms with Crippen molar-refractivity contribution in [2.45, 2.75) is 4.90 Å². The SMILES string of the molecule is O=C([O-])c1ccccc1NC1=NS(=O)(=O)c2ccccc21. The van der Waals surface area contributed by atoms with Crippen molar-refractivity contribution in [1.29, 1.82) is 0 Å². The van der Waals surface area contributed by atoms with E-state index in [1.54, 1.807) is 30.3 Å². The van der Waals surface area contributed by atoms with Crippen LogP contribution in [0, 0.1) is 0 Å². The van der Waals surface area contributed by atoms with Crippen LogP contribution in [0.5, 0.6) is 0 Å². The summed E-state index contributed by atoms with van der Waals surface area (Å²) in [6.07, 6.45) is 0. The molecular weight excluding hydrogens is 292 g/mol. The molecule has 0 radical (unpaired) electrons. The van der Waals surface area contributed by atoms with Crippen LogP contribution in [0.4, 0.5) is 5.69 Å². The molecule has 2 aromatic carbocycles. The molecule has 3 rings (SSSR count). The Morgan fingerprint density at radius 3 is 2.48 bits per heavy atom. The van der Waals surface area contributed by atoms with Gasteiger partial charge in [0.15, 0.2) is 5.84 Å². The lowest BCUT2D eigenvalue weighted by molar-refractivity contribution is -0.254. The summed E-state index contributed by atoms with van der Waals surface area (Å²) in [7, 11) is -3.75. The number of amidine groups is 1. The molecule has 1 heterocycles. The van der Waals surface area contributed by atoms with Crippen LogP contribution in [0.2, 0.25) is 0 Å². The third-order valence-electron chi connectivity index (χ3n) is 3.03. The zero-order chi connectivity index (χ0) is 15.0. The van der Waals surface area contributed by atoms with Crippen LogP contribution < -0.4 is 10.4 Å². The quantitative estimate of drug-likeness (QED) is 0.876. The van der Waals surface area contributed by atoms with Crippen molar-refractivity contribution >= 4 is 27.5 Å². The monoisotopic (exact) mass is 301 g/mol. The van der Waals surface area contributed by atoms with Gasteiger partial charge in [-0.15, -0.1) is 4.40 Å². The molecule has 0 fully saturated rings. The molecule has 2 aromatic rings. The van der Waals surface area contributed by atoms with Gasteiger partial charge in [-0.05, 0) is 18.2 Å². The highest BCUT2D eigenvalue weighted by Crippen LogP contribution is 2.27. The van der Waals surface area contributed by atoms with Gasteiger partial charge in [0.2, 0.25) is 0 Å². The van der Waals surface area contributed by atoms with Crippen LogP contribution >= 0.6 is 0 Å². The van der Waals surface area contributed by atoms with E-state index in [1.807, 2.05) is 0 Å². The molecule has 0 saturated carbocycles. The fourth-order valence-corrected chi connectivity index (χ4v) is 3.27. The Labute approximate surface area is 120 Å². The van der Waals surface area contributed by atoms with E-state index >= 15 is 0 Å². The highest BCUT2D eigenvalue weighted by atomic mass is 32.2. The van der Waals surface area contributed by atoms with Gasteiger partial charge in [-0.25, -0.2) is 0 Å². The first-order valence-electron chi connectivity index (χ1n) is 6.01. The Bertz CT molecular complexity index is 872. The van der Waals surface area contributed by atoms with Gasteiger partial charge in [0, 0.05) is 16.8 Å². The van der Waals surface area contributed by atoms with Crippen molar-refractivity contribution in [2.24, 2.45) is 4.40 Å². The third kappa shape index (κ3) is 2.27. The summed E-state index contributed by atoms with van der Waals surface area (Å²) in [6.45, 7) is 0. The van der Waals surface area contributed by atoms with E-state index in [2.05, 4.69) is 9.71 Å². The minimum absolute atomic E-state index is 0.0676. The van der Waals surface area contributed by atoms with Crippen molar-refractivity contribution in [1.82, 2.24) is 0 Å². The van der Waals surface area contributed by atoms with Crippen molar-refractivity contribution in [2.75, 3.05) is 5.32 Å². The summed E-state index contributed by atoms with van der Waals surface area (Å²) in [5.74, 6) is -1.26. The number of carbonyl (C=O) groups excluding carboxylic acids is 1. The minimum atomic E-state index is -3.75. The first-order valence-corrected chi connectivity index (χ1v) is 7.45. The molecule has 0 aliphatic carbocycles. The molecular formula is C14H9N2O4S-. The molecule has 0 spiro atoms. The second kappa shape index (κ2) is 4.71. The van der Waals surface area contributed by atoms with E-state index in [1.165, 1.54) is 18.2 Å². The maximum atomic E-state index is 11.9. The van der Waals surface area contributed by atoms with Gasteiger partial charge >= 0.3 is 0 Å². The Hall–Kier alpha value is -2.67. The van der Waals surface area contributed by atoms with Gasteiger partial charge in [0.05, 0.1) is 5.97 Å². The fourth-order valence-electron chi connectivity index (χ4n) is 2.09. The Morgan fingerprint density at radius 2 is 1.71 bits per heavy atom. The van der Waals surface area contributed by atoms with Gasteiger partial charge in [-0.3, -0.25) is 0 Å². The van der Waals surface area contributed by atoms with E-state index in [0.29, 0.717) is 5.56 Å². The van der Waals surface area contributed by atoms with E-state index < -0.39 is 16.0 Å². The molecule has 0 atom stereocenters. The van der Waals surface area contributed by atoms with Crippen LogP contribution in [0.3, 0.4) is 0 Å². The molecule has 0 saturated heterocycles. The molecule has 1 aliphatic heterocycles. The molecule has 1 aliphatic rings. The number of fused-ring (bicyclic) bond motifs is 1. The second-order valence-corrected chi connectivity index (χ2v) is 5.94. The van der Waals surface area contributed by atoms with Crippen molar-refractivity contribution < 1.29 is 18.3 Å². The molecule has 0 unspecified atom stereocenters. The molecule has 0 amide bonds. The third-order valence-corrected chi connectivity index (χ3v) is 4.37. The summed E-state index contributed by atoms with van der Waals surface area (Å²) >= 11 is 0. The first kappa shape index (κ1) is 13.3. The molecule has 0 aromatic heterocycles. The maximum Gasteiger partial charge on any atom is 0.285 e. The van der Waals surface area contributed by atoms with Crippen molar-refractivity contribution in [3.63, 3.8) is 0 Å². The fraction of sp³-hybridized carbons (Fsp3) is 0. The molecule has 21 heavy (non-hydrogen) atoms. The number of hydrogen-bond acceptors (Lipinski definition) is 5. The summed E-state index contributed by atoms with van der Waals surface area (Å²) in [5.41, 5.74) is 0.566. The molecule has 1 N–H and O–H groups in total. The normalized spacial score (nSPS) is 15.1. The minimum Gasteiger partial charge on any atom is -0.545 e. The number of aromatic carboxylic acids is 1. The average Bonchev–Trinajstić information content (AvgIpc) is 2.71. The Balaban J connectivity index is 2.07. The number of carboxylic acids is 1. The molecule has 6 nitrogen and oxygen atoms in total. The highest BCUT2D eigenvalue weighted by molar-refractivity contribution is 7.90. The van der Waals surface area contributed by atoms with Crippen LogP contribution in [0.25, 0.3) is 0 Å². The predicted octanol–water partition coefficient (Wildman–Crippen LogP) is 0.611. The molecule has 0 bridgehead atoms. The lowest BCUT2D eigenvalue weighted by Gasteiger charge is -2.12. The average molecular weight is 301 g/mol. The summed E-state index contributed by atoms with van der Waals surface area (Å²) in [4.78, 5) is 11.2. The van der Waals surface area contributed by atoms with E-state index in [4.69, 9.17) is 0 Å². The number of carbonyl (C=O) groups is 1. The topological polar surface area (TPSA) is 98.7 Å². The summed E-state index contributed by atoms with van der Waals surface area (Å²) in [6, 6.07) is 12.4. The smallest absolute Gasteiger partial charge is 0.285 e. The number of sulfonamides is 1. The lowest BCUT2D eigenvalue weighted by atomic mass is 10.1.